The Balaban J connectivity index is 2.14. The number of anilines is 1. The number of amides is 1. The molecule has 0 aliphatic heterocycles. The van der Waals surface area contributed by atoms with Crippen molar-refractivity contribution in [2.45, 2.75) is 59.0 Å². The van der Waals surface area contributed by atoms with E-state index in [2.05, 4.69) is 24.3 Å². The molecule has 1 aliphatic rings. The molecular formula is C14H24N4O. The highest BCUT2D eigenvalue weighted by atomic mass is 16.2. The third-order valence-corrected chi connectivity index (χ3v) is 4.19. The van der Waals surface area contributed by atoms with Crippen LogP contribution in [0.15, 0.2) is 6.20 Å². The van der Waals surface area contributed by atoms with Crippen LogP contribution in [0.1, 0.15) is 56.9 Å². The summed E-state index contributed by atoms with van der Waals surface area (Å²) in [5.74, 6) is -0.100. The zero-order chi connectivity index (χ0) is 14.0. The highest BCUT2D eigenvalue weighted by Gasteiger charge is 2.34. The van der Waals surface area contributed by atoms with Crippen molar-refractivity contribution in [1.29, 1.82) is 0 Å². The zero-order valence-corrected chi connectivity index (χ0v) is 12.1. The number of nitrogens with zero attached hydrogens (tertiary/aromatic N) is 2. The van der Waals surface area contributed by atoms with E-state index in [9.17, 15) is 4.79 Å². The molecule has 5 nitrogen and oxygen atoms in total. The van der Waals surface area contributed by atoms with Crippen LogP contribution in [0, 0.1) is 5.41 Å². The van der Waals surface area contributed by atoms with E-state index in [0.717, 1.165) is 12.8 Å². The van der Waals surface area contributed by atoms with Crippen LogP contribution < -0.4 is 11.1 Å². The Morgan fingerprint density at radius 3 is 2.95 bits per heavy atom. The first-order valence-electron chi connectivity index (χ1n) is 7.08. The molecule has 3 N–H and O–H groups in total. The molecular weight excluding hydrogens is 240 g/mol. The molecule has 5 heteroatoms. The molecule has 1 saturated carbocycles. The highest BCUT2D eigenvalue weighted by molar-refractivity contribution is 5.97. The van der Waals surface area contributed by atoms with E-state index in [1.807, 2.05) is 6.92 Å². The van der Waals surface area contributed by atoms with Gasteiger partial charge in [0.1, 0.15) is 5.69 Å². The molecule has 0 bridgehead atoms. The first-order chi connectivity index (χ1) is 8.95. The van der Waals surface area contributed by atoms with Crippen molar-refractivity contribution in [3.8, 4) is 0 Å². The lowest BCUT2D eigenvalue weighted by Gasteiger charge is -2.39. The van der Waals surface area contributed by atoms with Crippen LogP contribution in [-0.2, 0) is 6.54 Å². The van der Waals surface area contributed by atoms with Gasteiger partial charge in [-0.15, -0.1) is 0 Å². The summed E-state index contributed by atoms with van der Waals surface area (Å²) in [5, 5.41) is 7.26. The molecule has 106 valence electrons. The van der Waals surface area contributed by atoms with Crippen molar-refractivity contribution in [2.75, 3.05) is 5.73 Å². The van der Waals surface area contributed by atoms with Gasteiger partial charge in [-0.05, 0) is 25.2 Å². The molecule has 1 aliphatic carbocycles. The van der Waals surface area contributed by atoms with Gasteiger partial charge in [-0.1, -0.05) is 26.7 Å². The van der Waals surface area contributed by atoms with Gasteiger partial charge in [-0.2, -0.15) is 5.10 Å². The van der Waals surface area contributed by atoms with E-state index < -0.39 is 0 Å². The molecule has 0 saturated heterocycles. The quantitative estimate of drug-likeness (QED) is 0.879. The zero-order valence-electron chi connectivity index (χ0n) is 12.1. The monoisotopic (exact) mass is 264 g/mol. The number of nitrogen functional groups attached to an aromatic ring is 1. The van der Waals surface area contributed by atoms with Gasteiger partial charge in [0, 0.05) is 12.6 Å². The number of rotatable bonds is 3. The topological polar surface area (TPSA) is 72.9 Å². The number of carbonyl (C=O) groups excluding carboxylic acids is 1. The minimum Gasteiger partial charge on any atom is -0.396 e. The summed E-state index contributed by atoms with van der Waals surface area (Å²) in [7, 11) is 0. The van der Waals surface area contributed by atoms with Gasteiger partial charge in [0.15, 0.2) is 0 Å². The second-order valence-electron chi connectivity index (χ2n) is 6.02. The molecule has 1 heterocycles. The summed E-state index contributed by atoms with van der Waals surface area (Å²) in [6.07, 6.45) is 6.16. The Hall–Kier alpha value is -1.52. The summed E-state index contributed by atoms with van der Waals surface area (Å²) >= 11 is 0. The highest BCUT2D eigenvalue weighted by Crippen LogP contribution is 2.35. The molecule has 1 aromatic heterocycles. The lowest BCUT2D eigenvalue weighted by molar-refractivity contribution is 0.0844. The van der Waals surface area contributed by atoms with Crippen LogP contribution in [0.5, 0.6) is 0 Å². The van der Waals surface area contributed by atoms with Gasteiger partial charge in [-0.25, -0.2) is 0 Å². The van der Waals surface area contributed by atoms with Crippen LogP contribution in [0.4, 0.5) is 5.69 Å². The van der Waals surface area contributed by atoms with Crippen LogP contribution in [-0.4, -0.2) is 21.7 Å². The minimum atomic E-state index is -0.100. The van der Waals surface area contributed by atoms with E-state index in [4.69, 9.17) is 5.73 Å². The number of nitrogens with one attached hydrogen (secondary N) is 1. The number of aromatic nitrogens is 2. The third-order valence-electron chi connectivity index (χ3n) is 4.19. The first kappa shape index (κ1) is 13.9. The van der Waals surface area contributed by atoms with E-state index in [1.165, 1.54) is 12.8 Å². The molecule has 0 aromatic carbocycles. The summed E-state index contributed by atoms with van der Waals surface area (Å²) < 4.78 is 1.65. The number of hydrogen-bond donors (Lipinski definition) is 2. The largest absolute Gasteiger partial charge is 0.396 e. The lowest BCUT2D eigenvalue weighted by atomic mass is 9.73. The van der Waals surface area contributed by atoms with E-state index in [1.54, 1.807) is 10.9 Å². The van der Waals surface area contributed by atoms with Gasteiger partial charge < -0.3 is 11.1 Å². The maximum atomic E-state index is 12.4. The molecule has 2 rings (SSSR count). The van der Waals surface area contributed by atoms with E-state index in [0.29, 0.717) is 17.9 Å². The van der Waals surface area contributed by atoms with E-state index in [-0.39, 0.29) is 17.4 Å². The molecule has 1 unspecified atom stereocenters. The van der Waals surface area contributed by atoms with Gasteiger partial charge in [0.05, 0.1) is 11.9 Å². The Kier molecular flexibility index (Phi) is 3.83. The van der Waals surface area contributed by atoms with Crippen LogP contribution in [0.2, 0.25) is 0 Å². The fourth-order valence-corrected chi connectivity index (χ4v) is 2.88. The smallest absolute Gasteiger partial charge is 0.271 e. The summed E-state index contributed by atoms with van der Waals surface area (Å²) in [5.41, 5.74) is 6.94. The first-order valence-corrected chi connectivity index (χ1v) is 7.08. The Morgan fingerprint density at radius 1 is 1.58 bits per heavy atom. The minimum absolute atomic E-state index is 0.100. The van der Waals surface area contributed by atoms with Crippen molar-refractivity contribution in [3.63, 3.8) is 0 Å². The average molecular weight is 264 g/mol. The van der Waals surface area contributed by atoms with Gasteiger partial charge in [0.25, 0.3) is 5.91 Å². The molecule has 19 heavy (non-hydrogen) atoms. The number of hydrogen-bond acceptors (Lipinski definition) is 3. The maximum absolute atomic E-state index is 12.4. The molecule has 1 aromatic rings. The second kappa shape index (κ2) is 5.23. The molecule has 1 atom stereocenters. The average Bonchev–Trinajstić information content (AvgIpc) is 2.73. The van der Waals surface area contributed by atoms with Crippen LogP contribution >= 0.6 is 0 Å². The van der Waals surface area contributed by atoms with E-state index >= 15 is 0 Å². The fourth-order valence-electron chi connectivity index (χ4n) is 2.88. The Bertz CT molecular complexity index is 464. The van der Waals surface area contributed by atoms with Gasteiger partial charge in [0.2, 0.25) is 0 Å². The third kappa shape index (κ3) is 2.74. The van der Waals surface area contributed by atoms with Crippen molar-refractivity contribution >= 4 is 11.6 Å². The molecule has 0 radical (unpaired) electrons. The lowest BCUT2D eigenvalue weighted by Crippen LogP contribution is -2.47. The van der Waals surface area contributed by atoms with Gasteiger partial charge >= 0.3 is 0 Å². The maximum Gasteiger partial charge on any atom is 0.271 e. The van der Waals surface area contributed by atoms with Crippen LogP contribution in [0.3, 0.4) is 0 Å². The predicted octanol–water partition coefficient (Wildman–Crippen LogP) is 2.18. The fraction of sp³-hybridized carbons (Fsp3) is 0.714. The summed E-state index contributed by atoms with van der Waals surface area (Å²) in [6, 6.07) is 0.216. The van der Waals surface area contributed by atoms with Crippen LogP contribution in [0.25, 0.3) is 0 Å². The Labute approximate surface area is 114 Å². The SMILES string of the molecule is CCn1ncc(N)c1C(=O)NC1CCCCC1(C)C. The second-order valence-corrected chi connectivity index (χ2v) is 6.02. The summed E-state index contributed by atoms with van der Waals surface area (Å²) in [4.78, 5) is 12.4. The standard InChI is InChI=1S/C14H24N4O/c1-4-18-12(10(15)9-16-18)13(19)17-11-7-5-6-8-14(11,2)3/h9,11H,4-8,15H2,1-3H3,(H,17,19). The molecule has 1 fully saturated rings. The number of aryl methyl sites for hydroxylation is 1. The van der Waals surface area contributed by atoms with Crippen molar-refractivity contribution in [3.05, 3.63) is 11.9 Å². The molecule has 0 spiro atoms. The van der Waals surface area contributed by atoms with Crippen molar-refractivity contribution in [2.24, 2.45) is 5.41 Å². The molecule has 1 amide bonds. The normalized spacial score (nSPS) is 22.2. The van der Waals surface area contributed by atoms with Gasteiger partial charge in [-0.3, -0.25) is 9.48 Å². The summed E-state index contributed by atoms with van der Waals surface area (Å²) in [6.45, 7) is 7.04. The predicted molar refractivity (Wildman–Crippen MR) is 75.8 cm³/mol. The Morgan fingerprint density at radius 2 is 2.32 bits per heavy atom. The number of nitrogens with two attached hydrogens (primary N) is 1. The van der Waals surface area contributed by atoms with Crippen molar-refractivity contribution in [1.82, 2.24) is 15.1 Å². The number of carbonyl (C=O) groups is 1. The van der Waals surface area contributed by atoms with Crippen molar-refractivity contribution < 1.29 is 4.79 Å².